The van der Waals surface area contributed by atoms with Crippen LogP contribution in [0.5, 0.6) is 0 Å². The third-order valence-corrected chi connectivity index (χ3v) is 4.80. The number of hydrogen-bond donors (Lipinski definition) is 1. The van der Waals surface area contributed by atoms with Gasteiger partial charge in [-0.3, -0.25) is 9.59 Å². The topological polar surface area (TPSA) is 49.4 Å². The second kappa shape index (κ2) is 11.5. The summed E-state index contributed by atoms with van der Waals surface area (Å²) >= 11 is 5.99. The summed E-state index contributed by atoms with van der Waals surface area (Å²) in [5, 5.41) is 3.62. The molecular formula is C23H29ClN2O2. The lowest BCUT2D eigenvalue weighted by molar-refractivity contribution is -0.141. The third kappa shape index (κ3) is 6.68. The minimum Gasteiger partial charge on any atom is -0.354 e. The van der Waals surface area contributed by atoms with Crippen LogP contribution in [0.15, 0.2) is 54.6 Å². The summed E-state index contributed by atoms with van der Waals surface area (Å²) in [7, 11) is 0. The first-order valence-corrected chi connectivity index (χ1v) is 10.3. The number of rotatable bonds is 10. The summed E-state index contributed by atoms with van der Waals surface area (Å²) < 4.78 is 0. The second-order valence-corrected chi connectivity index (χ2v) is 7.33. The van der Waals surface area contributed by atoms with Crippen LogP contribution in [-0.2, 0) is 22.6 Å². The molecule has 0 bridgehead atoms. The number of benzene rings is 2. The molecule has 0 heterocycles. The van der Waals surface area contributed by atoms with Gasteiger partial charge in [-0.1, -0.05) is 67.9 Å². The highest BCUT2D eigenvalue weighted by Gasteiger charge is 2.29. The molecule has 0 saturated heterocycles. The number of nitrogens with zero attached hydrogens (tertiary/aromatic N) is 1. The molecule has 1 N–H and O–H groups in total. The van der Waals surface area contributed by atoms with Crippen molar-refractivity contribution in [1.29, 1.82) is 0 Å². The quantitative estimate of drug-likeness (QED) is 0.633. The number of carbonyl (C=O) groups is 2. The lowest BCUT2D eigenvalue weighted by atomic mass is 10.0. The van der Waals surface area contributed by atoms with E-state index in [0.29, 0.717) is 31.0 Å². The Morgan fingerprint density at radius 1 is 0.964 bits per heavy atom. The van der Waals surface area contributed by atoms with Crippen LogP contribution in [0.2, 0.25) is 5.02 Å². The Balaban J connectivity index is 2.32. The van der Waals surface area contributed by atoms with Gasteiger partial charge in [-0.15, -0.1) is 0 Å². The molecule has 4 nitrogen and oxygen atoms in total. The van der Waals surface area contributed by atoms with Gasteiger partial charge in [-0.2, -0.15) is 0 Å². The predicted octanol–water partition coefficient (Wildman–Crippen LogP) is 4.61. The van der Waals surface area contributed by atoms with E-state index in [2.05, 4.69) is 5.32 Å². The summed E-state index contributed by atoms with van der Waals surface area (Å²) in [5.74, 6) is -0.117. The Hall–Kier alpha value is -2.33. The van der Waals surface area contributed by atoms with Gasteiger partial charge < -0.3 is 10.2 Å². The minimum atomic E-state index is -0.552. The first kappa shape index (κ1) is 22.0. The predicted molar refractivity (Wildman–Crippen MR) is 114 cm³/mol. The molecule has 2 rings (SSSR count). The normalized spacial score (nSPS) is 11.7. The van der Waals surface area contributed by atoms with Gasteiger partial charge in [0, 0.05) is 31.0 Å². The number of halogens is 1. The van der Waals surface area contributed by atoms with Crippen LogP contribution < -0.4 is 5.32 Å². The van der Waals surface area contributed by atoms with E-state index in [1.807, 2.05) is 68.4 Å². The molecule has 0 unspecified atom stereocenters. The average molecular weight is 401 g/mol. The fourth-order valence-electron chi connectivity index (χ4n) is 3.06. The van der Waals surface area contributed by atoms with E-state index in [4.69, 9.17) is 11.6 Å². The zero-order valence-electron chi connectivity index (χ0n) is 16.7. The van der Waals surface area contributed by atoms with Crippen molar-refractivity contribution in [2.24, 2.45) is 0 Å². The van der Waals surface area contributed by atoms with Gasteiger partial charge in [0.2, 0.25) is 11.8 Å². The summed E-state index contributed by atoms with van der Waals surface area (Å²) in [5.41, 5.74) is 1.99. The van der Waals surface area contributed by atoms with Crippen LogP contribution in [0.1, 0.15) is 44.2 Å². The van der Waals surface area contributed by atoms with Gasteiger partial charge in [0.25, 0.3) is 0 Å². The monoisotopic (exact) mass is 400 g/mol. The number of carbonyl (C=O) groups excluding carboxylic acids is 2. The zero-order chi connectivity index (χ0) is 20.4. The van der Waals surface area contributed by atoms with Crippen molar-refractivity contribution in [3.8, 4) is 0 Å². The van der Waals surface area contributed by atoms with Crippen molar-refractivity contribution in [2.75, 3.05) is 6.54 Å². The third-order valence-electron chi connectivity index (χ3n) is 4.55. The highest BCUT2D eigenvalue weighted by Crippen LogP contribution is 2.18. The van der Waals surface area contributed by atoms with Crippen molar-refractivity contribution in [1.82, 2.24) is 10.2 Å². The molecule has 0 aliphatic carbocycles. The van der Waals surface area contributed by atoms with Crippen LogP contribution in [0.25, 0.3) is 0 Å². The van der Waals surface area contributed by atoms with E-state index in [1.54, 1.807) is 4.90 Å². The maximum Gasteiger partial charge on any atom is 0.243 e. The van der Waals surface area contributed by atoms with Gasteiger partial charge in [0.15, 0.2) is 0 Å². The Morgan fingerprint density at radius 3 is 2.25 bits per heavy atom. The Bertz CT molecular complexity index is 747. The molecule has 0 aromatic heterocycles. The van der Waals surface area contributed by atoms with E-state index in [9.17, 15) is 9.59 Å². The number of nitrogens with one attached hydrogen (secondary N) is 1. The molecule has 2 aromatic rings. The minimum absolute atomic E-state index is 0.00923. The Kier molecular flexibility index (Phi) is 9.02. The zero-order valence-corrected chi connectivity index (χ0v) is 17.4. The highest BCUT2D eigenvalue weighted by atomic mass is 35.5. The molecule has 0 aliphatic heterocycles. The number of hydrogen-bond acceptors (Lipinski definition) is 2. The molecule has 0 aliphatic rings. The average Bonchev–Trinajstić information content (AvgIpc) is 2.71. The molecule has 2 amide bonds. The second-order valence-electron chi connectivity index (χ2n) is 6.89. The summed E-state index contributed by atoms with van der Waals surface area (Å²) in [6.07, 6.45) is 2.49. The van der Waals surface area contributed by atoms with Crippen molar-refractivity contribution in [3.05, 3.63) is 70.7 Å². The Morgan fingerprint density at radius 2 is 1.64 bits per heavy atom. The molecular weight excluding hydrogens is 372 g/mol. The van der Waals surface area contributed by atoms with Crippen molar-refractivity contribution in [3.63, 3.8) is 0 Å². The van der Waals surface area contributed by atoms with E-state index in [0.717, 1.165) is 24.0 Å². The maximum atomic E-state index is 13.0. The SMILES string of the molecule is CCCNC(=O)[C@H](Cc1ccccc1)N(Cc1ccc(Cl)cc1)C(=O)CCC. The molecule has 0 spiro atoms. The molecule has 150 valence electrons. The van der Waals surface area contributed by atoms with Crippen molar-refractivity contribution < 1.29 is 9.59 Å². The van der Waals surface area contributed by atoms with Crippen LogP contribution in [0.3, 0.4) is 0 Å². The first-order valence-electron chi connectivity index (χ1n) is 9.90. The summed E-state index contributed by atoms with van der Waals surface area (Å²) in [6, 6.07) is 16.7. The van der Waals surface area contributed by atoms with Crippen LogP contribution in [-0.4, -0.2) is 29.3 Å². The molecule has 2 aromatic carbocycles. The smallest absolute Gasteiger partial charge is 0.243 e. The lowest BCUT2D eigenvalue weighted by Gasteiger charge is -2.31. The molecule has 0 fully saturated rings. The first-order chi connectivity index (χ1) is 13.5. The van der Waals surface area contributed by atoms with Gasteiger partial charge in [-0.25, -0.2) is 0 Å². The standard InChI is InChI=1S/C23H29ClN2O2/c1-3-8-22(27)26(17-19-11-13-20(24)14-12-19)21(23(28)25-15-4-2)16-18-9-6-5-7-10-18/h5-7,9-14,21H,3-4,8,15-17H2,1-2H3,(H,25,28)/t21-/m0/s1. The summed E-state index contributed by atoms with van der Waals surface area (Å²) in [4.78, 5) is 27.6. The van der Waals surface area contributed by atoms with Crippen molar-refractivity contribution >= 4 is 23.4 Å². The van der Waals surface area contributed by atoms with E-state index in [1.165, 1.54) is 0 Å². The molecule has 28 heavy (non-hydrogen) atoms. The van der Waals surface area contributed by atoms with Crippen LogP contribution in [0, 0.1) is 0 Å². The summed E-state index contributed by atoms with van der Waals surface area (Å²) in [6.45, 7) is 4.97. The van der Waals surface area contributed by atoms with Crippen LogP contribution >= 0.6 is 11.6 Å². The van der Waals surface area contributed by atoms with E-state index < -0.39 is 6.04 Å². The van der Waals surface area contributed by atoms with Gasteiger partial charge in [0.1, 0.15) is 6.04 Å². The molecule has 0 radical (unpaired) electrons. The fraction of sp³-hybridized carbons (Fsp3) is 0.391. The lowest BCUT2D eigenvalue weighted by Crippen LogP contribution is -2.50. The highest BCUT2D eigenvalue weighted by molar-refractivity contribution is 6.30. The number of amides is 2. The van der Waals surface area contributed by atoms with Gasteiger partial charge in [0.05, 0.1) is 0 Å². The maximum absolute atomic E-state index is 13.0. The molecule has 1 atom stereocenters. The van der Waals surface area contributed by atoms with Crippen molar-refractivity contribution in [2.45, 2.75) is 52.1 Å². The Labute approximate surface area is 172 Å². The molecule has 0 saturated carbocycles. The van der Waals surface area contributed by atoms with E-state index >= 15 is 0 Å². The molecule has 5 heteroatoms. The van der Waals surface area contributed by atoms with E-state index in [-0.39, 0.29) is 11.8 Å². The van der Waals surface area contributed by atoms with Gasteiger partial charge in [-0.05, 0) is 36.1 Å². The largest absolute Gasteiger partial charge is 0.354 e. The fourth-order valence-corrected chi connectivity index (χ4v) is 3.19. The van der Waals surface area contributed by atoms with Gasteiger partial charge >= 0.3 is 0 Å². The van der Waals surface area contributed by atoms with Crippen LogP contribution in [0.4, 0.5) is 0 Å².